The number of benzene rings is 1. The van der Waals surface area contributed by atoms with Crippen LogP contribution in [0.25, 0.3) is 0 Å². The molecule has 0 bridgehead atoms. The number of anilines is 1. The first-order chi connectivity index (χ1) is 9.27. The summed E-state index contributed by atoms with van der Waals surface area (Å²) >= 11 is 4.72. The van der Waals surface area contributed by atoms with E-state index in [0.717, 1.165) is 18.4 Å². The molecule has 0 amide bonds. The highest BCUT2D eigenvalue weighted by Gasteiger charge is 2.34. The van der Waals surface area contributed by atoms with Gasteiger partial charge in [0.05, 0.1) is 5.56 Å². The fourth-order valence-electron chi connectivity index (χ4n) is 2.28. The van der Waals surface area contributed by atoms with Gasteiger partial charge in [-0.3, -0.25) is 0 Å². The van der Waals surface area contributed by atoms with E-state index in [1.807, 2.05) is 6.92 Å². The molecule has 1 aromatic carbocycles. The zero-order valence-electron chi connectivity index (χ0n) is 11.1. The molecular weight excluding hydrogens is 285 g/mol. The van der Waals surface area contributed by atoms with E-state index in [2.05, 4.69) is 5.32 Å². The third-order valence-corrected chi connectivity index (χ3v) is 3.61. The molecule has 3 N–H and O–H groups in total. The molecule has 0 heterocycles. The van der Waals surface area contributed by atoms with E-state index < -0.39 is 11.7 Å². The van der Waals surface area contributed by atoms with Crippen LogP contribution in [0.4, 0.5) is 18.9 Å². The van der Waals surface area contributed by atoms with Gasteiger partial charge in [-0.25, -0.2) is 0 Å². The van der Waals surface area contributed by atoms with Gasteiger partial charge in [0, 0.05) is 17.3 Å². The van der Waals surface area contributed by atoms with Gasteiger partial charge in [-0.05, 0) is 37.5 Å². The van der Waals surface area contributed by atoms with Crippen LogP contribution in [0.1, 0.15) is 37.3 Å². The number of rotatable bonds is 5. The first-order valence-electron chi connectivity index (χ1n) is 6.55. The second kappa shape index (κ2) is 5.60. The van der Waals surface area contributed by atoms with Crippen LogP contribution in [0.15, 0.2) is 18.2 Å². The Hall–Kier alpha value is -1.30. The average Bonchev–Trinajstić information content (AvgIpc) is 3.11. The second-order valence-electron chi connectivity index (χ2n) is 5.35. The minimum absolute atomic E-state index is 0.129. The lowest BCUT2D eigenvalue weighted by atomic mass is 10.0. The van der Waals surface area contributed by atoms with Crippen LogP contribution in [-0.4, -0.2) is 11.0 Å². The van der Waals surface area contributed by atoms with Crippen LogP contribution in [-0.2, 0) is 6.18 Å². The Bertz CT molecular complexity index is 510. The number of thiocarbonyl (C=S) groups is 1. The maximum absolute atomic E-state index is 12.8. The van der Waals surface area contributed by atoms with Crippen molar-refractivity contribution in [3.8, 4) is 0 Å². The van der Waals surface area contributed by atoms with Crippen LogP contribution in [0, 0.1) is 5.92 Å². The number of hydrogen-bond acceptors (Lipinski definition) is 2. The van der Waals surface area contributed by atoms with E-state index >= 15 is 0 Å². The van der Waals surface area contributed by atoms with Crippen LogP contribution >= 0.6 is 12.2 Å². The van der Waals surface area contributed by atoms with Gasteiger partial charge in [0.1, 0.15) is 4.99 Å². The maximum atomic E-state index is 12.8. The molecule has 1 atom stereocenters. The van der Waals surface area contributed by atoms with Crippen molar-refractivity contribution in [3.63, 3.8) is 0 Å². The van der Waals surface area contributed by atoms with Gasteiger partial charge in [0.2, 0.25) is 0 Å². The summed E-state index contributed by atoms with van der Waals surface area (Å²) in [6.07, 6.45) is -0.922. The lowest BCUT2D eigenvalue weighted by Crippen LogP contribution is -2.20. The number of hydrogen-bond donors (Lipinski definition) is 2. The van der Waals surface area contributed by atoms with Gasteiger partial charge in [0.15, 0.2) is 0 Å². The summed E-state index contributed by atoms with van der Waals surface area (Å²) in [5.74, 6) is 0.752. The Morgan fingerprint density at radius 3 is 2.60 bits per heavy atom. The Balaban J connectivity index is 2.18. The van der Waals surface area contributed by atoms with Crippen LogP contribution in [0.5, 0.6) is 0 Å². The van der Waals surface area contributed by atoms with Gasteiger partial charge in [-0.1, -0.05) is 25.1 Å². The molecule has 110 valence electrons. The summed E-state index contributed by atoms with van der Waals surface area (Å²) in [6.45, 7) is 2.02. The number of alkyl halides is 3. The van der Waals surface area contributed by atoms with Crippen molar-refractivity contribution >= 4 is 22.9 Å². The third kappa shape index (κ3) is 3.85. The third-order valence-electron chi connectivity index (χ3n) is 3.39. The highest BCUT2D eigenvalue weighted by Crippen LogP contribution is 2.35. The van der Waals surface area contributed by atoms with Gasteiger partial charge in [-0.2, -0.15) is 13.2 Å². The lowest BCUT2D eigenvalue weighted by molar-refractivity contribution is -0.137. The molecule has 6 heteroatoms. The molecule has 2 rings (SSSR count). The molecule has 1 saturated carbocycles. The molecule has 2 nitrogen and oxygen atoms in total. The highest BCUT2D eigenvalue weighted by atomic mass is 32.1. The lowest BCUT2D eigenvalue weighted by Gasteiger charge is -2.18. The summed E-state index contributed by atoms with van der Waals surface area (Å²) in [4.78, 5) is -0.240. The van der Waals surface area contributed by atoms with E-state index in [-0.39, 0.29) is 16.6 Å². The SMILES string of the molecule is CC(CC1CC1)Nc1ccc(C(F)(F)F)c(C(N)=S)c1. The molecule has 1 aliphatic rings. The van der Waals surface area contributed by atoms with E-state index in [4.69, 9.17) is 18.0 Å². The molecule has 0 aliphatic heterocycles. The molecular formula is C14H17F3N2S. The molecule has 1 fully saturated rings. The largest absolute Gasteiger partial charge is 0.417 e. The first-order valence-corrected chi connectivity index (χ1v) is 6.96. The van der Waals surface area contributed by atoms with E-state index in [1.165, 1.54) is 25.0 Å². The standard InChI is InChI=1S/C14H17F3N2S/c1-8(6-9-2-3-9)19-10-4-5-12(14(15,16)17)11(7-10)13(18)20/h4-5,7-9,19H,2-3,6H2,1H3,(H2,18,20). The normalized spacial score (nSPS) is 16.8. The number of halogens is 3. The minimum Gasteiger partial charge on any atom is -0.389 e. The predicted molar refractivity (Wildman–Crippen MR) is 77.8 cm³/mol. The molecule has 1 aromatic rings. The Morgan fingerprint density at radius 1 is 1.45 bits per heavy atom. The summed E-state index contributed by atoms with van der Waals surface area (Å²) in [5, 5.41) is 3.20. The maximum Gasteiger partial charge on any atom is 0.417 e. The topological polar surface area (TPSA) is 38.0 Å². The quantitative estimate of drug-likeness (QED) is 0.809. The van der Waals surface area contributed by atoms with Crippen LogP contribution in [0.3, 0.4) is 0 Å². The van der Waals surface area contributed by atoms with Crippen molar-refractivity contribution in [2.75, 3.05) is 5.32 Å². The molecule has 1 aliphatic carbocycles. The average molecular weight is 302 g/mol. The van der Waals surface area contributed by atoms with Crippen LogP contribution in [0.2, 0.25) is 0 Å². The van der Waals surface area contributed by atoms with Gasteiger partial charge < -0.3 is 11.1 Å². The first kappa shape index (κ1) is 15.1. The summed E-state index contributed by atoms with van der Waals surface area (Å²) in [6, 6.07) is 4.06. The number of nitrogens with one attached hydrogen (secondary N) is 1. The van der Waals surface area contributed by atoms with Crippen LogP contribution < -0.4 is 11.1 Å². The van der Waals surface area contributed by atoms with Crippen molar-refractivity contribution in [2.24, 2.45) is 11.7 Å². The van der Waals surface area contributed by atoms with Crippen molar-refractivity contribution in [1.82, 2.24) is 0 Å². The van der Waals surface area contributed by atoms with Gasteiger partial charge in [-0.15, -0.1) is 0 Å². The zero-order chi connectivity index (χ0) is 14.9. The predicted octanol–water partition coefficient (Wildman–Crippen LogP) is 3.94. The monoisotopic (exact) mass is 302 g/mol. The Labute approximate surface area is 121 Å². The van der Waals surface area contributed by atoms with Gasteiger partial charge >= 0.3 is 6.18 Å². The van der Waals surface area contributed by atoms with E-state index in [0.29, 0.717) is 5.69 Å². The van der Waals surface area contributed by atoms with E-state index in [1.54, 1.807) is 0 Å². The number of nitrogens with two attached hydrogens (primary N) is 1. The zero-order valence-corrected chi connectivity index (χ0v) is 11.9. The summed E-state index contributed by atoms with van der Waals surface area (Å²) in [5.41, 5.74) is 5.11. The Morgan fingerprint density at radius 2 is 2.10 bits per heavy atom. The highest BCUT2D eigenvalue weighted by molar-refractivity contribution is 7.80. The van der Waals surface area contributed by atoms with Gasteiger partial charge in [0.25, 0.3) is 0 Å². The smallest absolute Gasteiger partial charge is 0.389 e. The molecule has 0 spiro atoms. The molecule has 0 radical (unpaired) electrons. The van der Waals surface area contributed by atoms with Crippen molar-refractivity contribution in [2.45, 2.75) is 38.4 Å². The molecule has 1 unspecified atom stereocenters. The van der Waals surface area contributed by atoms with Crippen molar-refractivity contribution in [3.05, 3.63) is 29.3 Å². The molecule has 20 heavy (non-hydrogen) atoms. The Kier molecular flexibility index (Phi) is 4.22. The fraction of sp³-hybridized carbons (Fsp3) is 0.500. The summed E-state index contributed by atoms with van der Waals surface area (Å²) in [7, 11) is 0. The van der Waals surface area contributed by atoms with E-state index in [9.17, 15) is 13.2 Å². The van der Waals surface area contributed by atoms with Crippen molar-refractivity contribution < 1.29 is 13.2 Å². The molecule has 0 saturated heterocycles. The minimum atomic E-state index is -4.45. The molecule has 0 aromatic heterocycles. The second-order valence-corrected chi connectivity index (χ2v) is 5.79. The fourth-order valence-corrected chi connectivity index (χ4v) is 2.45. The summed E-state index contributed by atoms with van der Waals surface area (Å²) < 4.78 is 38.5. The van der Waals surface area contributed by atoms with Crippen molar-refractivity contribution in [1.29, 1.82) is 0 Å².